The van der Waals surface area contributed by atoms with Crippen LogP contribution in [0.4, 0.5) is 32.5 Å². The van der Waals surface area contributed by atoms with Crippen LogP contribution in [-0.4, -0.2) is 42.3 Å². The third kappa shape index (κ3) is 5.59. The summed E-state index contributed by atoms with van der Waals surface area (Å²) in [5, 5.41) is 6.45. The number of carbonyl (C=O) groups excluding carboxylic acids is 2. The van der Waals surface area contributed by atoms with E-state index in [4.69, 9.17) is 9.72 Å². The summed E-state index contributed by atoms with van der Waals surface area (Å²) in [6, 6.07) is 17.6. The van der Waals surface area contributed by atoms with Crippen molar-refractivity contribution in [3.8, 4) is 11.3 Å². The number of hydrogen-bond donors (Lipinski definition) is 2. The Morgan fingerprint density at radius 3 is 2.61 bits per heavy atom. The van der Waals surface area contributed by atoms with Crippen molar-refractivity contribution in [3.05, 3.63) is 65.7 Å². The molecule has 8 heteroatoms. The maximum absolute atomic E-state index is 13.6. The third-order valence-corrected chi connectivity index (χ3v) is 6.63. The summed E-state index contributed by atoms with van der Waals surface area (Å²) >= 11 is 0. The predicted octanol–water partition coefficient (Wildman–Crippen LogP) is 6.60. The van der Waals surface area contributed by atoms with Gasteiger partial charge < -0.3 is 15.4 Å². The molecule has 2 N–H and O–H groups in total. The number of amides is 3. The van der Waals surface area contributed by atoms with Gasteiger partial charge in [0.2, 0.25) is 0 Å². The molecular formula is C30H35N5O3. The molecule has 0 spiro atoms. The number of carbonyl (C=O) groups is 2. The van der Waals surface area contributed by atoms with Crippen molar-refractivity contribution in [3.63, 3.8) is 0 Å². The monoisotopic (exact) mass is 513 g/mol. The molecule has 0 saturated carbocycles. The van der Waals surface area contributed by atoms with E-state index in [1.54, 1.807) is 9.80 Å². The highest BCUT2D eigenvalue weighted by Gasteiger charge is 2.28. The van der Waals surface area contributed by atoms with E-state index >= 15 is 0 Å². The molecule has 0 fully saturated rings. The van der Waals surface area contributed by atoms with Gasteiger partial charge in [0.1, 0.15) is 5.60 Å². The number of urea groups is 1. The van der Waals surface area contributed by atoms with Crippen LogP contribution < -0.4 is 20.4 Å². The Morgan fingerprint density at radius 2 is 1.82 bits per heavy atom. The first kappa shape index (κ1) is 25.6. The number of pyridine rings is 1. The fourth-order valence-corrected chi connectivity index (χ4v) is 4.87. The quantitative estimate of drug-likeness (QED) is 0.403. The highest BCUT2D eigenvalue weighted by molar-refractivity contribution is 6.04. The zero-order valence-corrected chi connectivity index (χ0v) is 22.5. The van der Waals surface area contributed by atoms with E-state index < -0.39 is 5.60 Å². The van der Waals surface area contributed by atoms with Gasteiger partial charge in [-0.05, 0) is 82.9 Å². The SMILES string of the molecule is Cc1cccc(-c2ccc3c(n2)N(C(=O)Nc2ccc4c(c2)N(C(=O)OC(C)(C)C)CCC4)CCCN3)c1. The lowest BCUT2D eigenvalue weighted by molar-refractivity contribution is 0.0578. The van der Waals surface area contributed by atoms with Crippen LogP contribution >= 0.6 is 0 Å². The van der Waals surface area contributed by atoms with Crippen LogP contribution in [0, 0.1) is 6.92 Å². The number of nitrogens with zero attached hydrogens (tertiary/aromatic N) is 3. The van der Waals surface area contributed by atoms with Crippen molar-refractivity contribution in [2.75, 3.05) is 40.1 Å². The normalized spacial score (nSPS) is 15.1. The summed E-state index contributed by atoms with van der Waals surface area (Å²) in [5.41, 5.74) is 5.69. The molecule has 0 radical (unpaired) electrons. The Balaban J connectivity index is 1.41. The van der Waals surface area contributed by atoms with Gasteiger partial charge >= 0.3 is 12.1 Å². The molecule has 0 unspecified atom stereocenters. The molecule has 5 rings (SSSR count). The molecule has 2 aliphatic rings. The zero-order valence-electron chi connectivity index (χ0n) is 22.5. The van der Waals surface area contributed by atoms with E-state index in [1.165, 1.54) is 0 Å². The molecule has 198 valence electrons. The Labute approximate surface area is 224 Å². The van der Waals surface area contributed by atoms with Crippen molar-refractivity contribution >= 4 is 35.0 Å². The van der Waals surface area contributed by atoms with Crippen LogP contribution in [0.15, 0.2) is 54.6 Å². The lowest BCUT2D eigenvalue weighted by atomic mass is 10.0. The Bertz CT molecular complexity index is 1360. The van der Waals surface area contributed by atoms with E-state index in [9.17, 15) is 9.59 Å². The van der Waals surface area contributed by atoms with Gasteiger partial charge in [-0.3, -0.25) is 9.80 Å². The number of benzene rings is 2. The van der Waals surface area contributed by atoms with Crippen LogP contribution in [0.25, 0.3) is 11.3 Å². The molecule has 2 aliphatic heterocycles. The van der Waals surface area contributed by atoms with Gasteiger partial charge in [0.15, 0.2) is 5.82 Å². The number of aromatic nitrogens is 1. The minimum atomic E-state index is -0.584. The van der Waals surface area contributed by atoms with E-state index in [0.29, 0.717) is 24.6 Å². The first-order valence-corrected chi connectivity index (χ1v) is 13.2. The van der Waals surface area contributed by atoms with Gasteiger partial charge in [-0.15, -0.1) is 0 Å². The second kappa shape index (κ2) is 10.4. The number of aryl methyl sites for hydroxylation is 2. The van der Waals surface area contributed by atoms with Crippen molar-refractivity contribution in [1.29, 1.82) is 0 Å². The Hall–Kier alpha value is -4.07. The molecular weight excluding hydrogens is 478 g/mol. The van der Waals surface area contributed by atoms with Gasteiger partial charge in [-0.25, -0.2) is 14.6 Å². The molecule has 1 aromatic heterocycles. The summed E-state index contributed by atoms with van der Waals surface area (Å²) < 4.78 is 5.63. The number of anilines is 4. The average molecular weight is 514 g/mol. The molecule has 0 atom stereocenters. The lowest BCUT2D eigenvalue weighted by Crippen LogP contribution is -2.40. The van der Waals surface area contributed by atoms with Crippen LogP contribution in [0.3, 0.4) is 0 Å². The summed E-state index contributed by atoms with van der Waals surface area (Å²) in [6.07, 6.45) is 2.16. The van der Waals surface area contributed by atoms with E-state index in [0.717, 1.165) is 59.6 Å². The van der Waals surface area contributed by atoms with Gasteiger partial charge in [-0.2, -0.15) is 0 Å². The summed E-state index contributed by atoms with van der Waals surface area (Å²) in [5.74, 6) is 0.604. The Morgan fingerprint density at radius 1 is 1.00 bits per heavy atom. The third-order valence-electron chi connectivity index (χ3n) is 6.63. The second-order valence-electron chi connectivity index (χ2n) is 10.9. The van der Waals surface area contributed by atoms with Gasteiger partial charge in [-0.1, -0.05) is 29.8 Å². The van der Waals surface area contributed by atoms with Gasteiger partial charge in [0.05, 0.1) is 17.1 Å². The predicted molar refractivity (Wildman–Crippen MR) is 152 cm³/mol. The van der Waals surface area contributed by atoms with Crippen molar-refractivity contribution < 1.29 is 14.3 Å². The molecule has 0 saturated heterocycles. The summed E-state index contributed by atoms with van der Waals surface area (Å²) in [4.78, 5) is 34.8. The molecule has 0 aliphatic carbocycles. The molecule has 3 heterocycles. The summed E-state index contributed by atoms with van der Waals surface area (Å²) in [6.45, 7) is 9.50. The maximum Gasteiger partial charge on any atom is 0.414 e. The number of nitrogens with one attached hydrogen (secondary N) is 2. The highest BCUT2D eigenvalue weighted by atomic mass is 16.6. The van der Waals surface area contributed by atoms with E-state index in [1.807, 2.05) is 63.2 Å². The number of hydrogen-bond acceptors (Lipinski definition) is 5. The average Bonchev–Trinajstić information content (AvgIpc) is 3.09. The largest absolute Gasteiger partial charge is 0.443 e. The minimum Gasteiger partial charge on any atom is -0.443 e. The van der Waals surface area contributed by atoms with Crippen LogP contribution in [-0.2, 0) is 11.2 Å². The van der Waals surface area contributed by atoms with Crippen LogP contribution in [0.1, 0.15) is 44.7 Å². The first-order valence-electron chi connectivity index (χ1n) is 13.2. The number of rotatable bonds is 2. The highest BCUT2D eigenvalue weighted by Crippen LogP contribution is 2.33. The lowest BCUT2D eigenvalue weighted by Gasteiger charge is -2.32. The van der Waals surface area contributed by atoms with Crippen LogP contribution in [0.5, 0.6) is 0 Å². The summed E-state index contributed by atoms with van der Waals surface area (Å²) in [7, 11) is 0. The Kier molecular flexibility index (Phi) is 6.97. The molecule has 0 bridgehead atoms. The fourth-order valence-electron chi connectivity index (χ4n) is 4.87. The molecule has 2 aromatic carbocycles. The number of ether oxygens (including phenoxy) is 1. The molecule has 38 heavy (non-hydrogen) atoms. The fraction of sp³-hybridized carbons (Fsp3) is 0.367. The molecule has 8 nitrogen and oxygen atoms in total. The van der Waals surface area contributed by atoms with Crippen molar-refractivity contribution in [1.82, 2.24) is 4.98 Å². The van der Waals surface area contributed by atoms with Gasteiger partial charge in [0, 0.05) is 30.9 Å². The molecule has 3 aromatic rings. The van der Waals surface area contributed by atoms with Crippen molar-refractivity contribution in [2.24, 2.45) is 0 Å². The molecule has 3 amide bonds. The minimum absolute atomic E-state index is 0.261. The number of fused-ring (bicyclic) bond motifs is 2. The van der Waals surface area contributed by atoms with Crippen LogP contribution in [0.2, 0.25) is 0 Å². The first-order chi connectivity index (χ1) is 18.2. The smallest absolute Gasteiger partial charge is 0.414 e. The van der Waals surface area contributed by atoms with Gasteiger partial charge in [0.25, 0.3) is 0 Å². The second-order valence-corrected chi connectivity index (χ2v) is 10.9. The van der Waals surface area contributed by atoms with E-state index in [2.05, 4.69) is 29.7 Å². The van der Waals surface area contributed by atoms with E-state index in [-0.39, 0.29) is 12.1 Å². The topological polar surface area (TPSA) is 86.8 Å². The van der Waals surface area contributed by atoms with Crippen molar-refractivity contribution in [2.45, 2.75) is 52.6 Å². The standard InChI is InChI=1S/C30H35N5O3/c1-20-8-5-9-22(18-20)24-13-14-25-27(33-24)35(17-7-15-31-25)28(36)32-23-12-11-21-10-6-16-34(26(21)19-23)29(37)38-30(2,3)4/h5,8-9,11-14,18-19,31H,6-7,10,15-17H2,1-4H3,(H,32,36). The zero-order chi connectivity index (χ0) is 26.9. The maximum atomic E-state index is 13.6.